The Morgan fingerprint density at radius 3 is 2.68 bits per heavy atom. The molecular weight excluding hydrogens is 237 g/mol. The fourth-order valence-corrected chi connectivity index (χ4v) is 2.50. The molecule has 3 nitrogen and oxygen atoms in total. The van der Waals surface area contributed by atoms with Gasteiger partial charge in [0.15, 0.2) is 0 Å². The molecule has 1 aromatic carbocycles. The minimum atomic E-state index is -0.224. The number of hydrogen-bond donors (Lipinski definition) is 0. The molecule has 2 heterocycles. The van der Waals surface area contributed by atoms with E-state index in [4.69, 9.17) is 9.31 Å². The maximum absolute atomic E-state index is 5.85. The average molecular weight is 257 g/mol. The Morgan fingerprint density at radius 1 is 1.21 bits per heavy atom. The molecule has 0 aromatic heterocycles. The number of benzene rings is 1. The number of likely N-dealkylation sites (N-methyl/N-ethyl adjacent to an activating group) is 1. The highest BCUT2D eigenvalue weighted by Gasteiger charge is 2.33. The van der Waals surface area contributed by atoms with E-state index in [1.54, 1.807) is 0 Å². The van der Waals surface area contributed by atoms with E-state index in [2.05, 4.69) is 56.1 Å². The van der Waals surface area contributed by atoms with Crippen LogP contribution in [0.25, 0.3) is 6.08 Å². The highest BCUT2D eigenvalue weighted by atomic mass is 16.6. The molecule has 0 amide bonds. The van der Waals surface area contributed by atoms with Gasteiger partial charge in [0.2, 0.25) is 0 Å². The second kappa shape index (κ2) is 4.69. The van der Waals surface area contributed by atoms with Crippen molar-refractivity contribution in [3.05, 3.63) is 29.8 Å². The number of hydrogen-bond acceptors (Lipinski definition) is 3. The van der Waals surface area contributed by atoms with Crippen molar-refractivity contribution < 1.29 is 9.31 Å². The molecule has 0 spiro atoms. The van der Waals surface area contributed by atoms with E-state index in [0.29, 0.717) is 0 Å². The second-order valence-corrected chi connectivity index (χ2v) is 6.22. The molecule has 2 aliphatic heterocycles. The Hall–Kier alpha value is -1.26. The molecule has 0 aliphatic carbocycles. The summed E-state index contributed by atoms with van der Waals surface area (Å²) in [6, 6.07) is 6.43. The number of anilines is 1. The van der Waals surface area contributed by atoms with Crippen molar-refractivity contribution in [2.75, 3.05) is 31.7 Å². The highest BCUT2D eigenvalue weighted by molar-refractivity contribution is 6.61. The average Bonchev–Trinajstić information content (AvgIpc) is 2.39. The molecule has 0 radical (unpaired) electrons. The molecule has 1 saturated heterocycles. The van der Waals surface area contributed by atoms with Gasteiger partial charge in [-0.15, -0.1) is 0 Å². The third kappa shape index (κ3) is 2.56. The molecule has 0 N–H and O–H groups in total. The van der Waals surface area contributed by atoms with Crippen LogP contribution in [0, 0.1) is 5.41 Å². The Kier molecular flexibility index (Phi) is 3.15. The first-order valence-electron chi connectivity index (χ1n) is 6.80. The van der Waals surface area contributed by atoms with E-state index >= 15 is 0 Å². The molecular formula is C15H20BNO2. The summed E-state index contributed by atoms with van der Waals surface area (Å²) >= 11 is 0. The van der Waals surface area contributed by atoms with Gasteiger partial charge in [0, 0.05) is 37.9 Å². The minimum Gasteiger partial charge on any atom is -0.407 e. The first-order valence-corrected chi connectivity index (χ1v) is 6.80. The zero-order valence-electron chi connectivity index (χ0n) is 11.8. The summed E-state index contributed by atoms with van der Waals surface area (Å²) in [4.78, 5) is 2.24. The molecule has 100 valence electrons. The number of rotatable bonds is 1. The smallest absolute Gasteiger partial charge is 0.407 e. The normalized spacial score (nSPS) is 21.4. The molecule has 0 saturated carbocycles. The van der Waals surface area contributed by atoms with Crippen LogP contribution in [0.5, 0.6) is 0 Å². The predicted octanol–water partition coefficient (Wildman–Crippen LogP) is 1.92. The van der Waals surface area contributed by atoms with Crippen molar-refractivity contribution in [3.8, 4) is 0 Å². The maximum atomic E-state index is 5.85. The second-order valence-electron chi connectivity index (χ2n) is 6.22. The highest BCUT2D eigenvalue weighted by Crippen LogP contribution is 2.25. The Bertz CT molecular complexity index is 503. The first-order chi connectivity index (χ1) is 9.05. The fourth-order valence-electron chi connectivity index (χ4n) is 2.50. The number of nitrogens with zero attached hydrogens (tertiary/aromatic N) is 1. The summed E-state index contributed by atoms with van der Waals surface area (Å²) in [6.07, 6.45) is 4.35. The van der Waals surface area contributed by atoms with Gasteiger partial charge in [0.1, 0.15) is 0 Å². The standard InChI is InChI=1S/C15H20BNO2/c1-15(2)10-18-16(19-11-15)13-7-6-12-5-4-8-17(3)14(12)9-13/h4-7,9H,8,10-11H2,1-3H3. The largest absolute Gasteiger partial charge is 0.493 e. The molecule has 0 bridgehead atoms. The Balaban J connectivity index is 1.83. The zero-order chi connectivity index (χ0) is 13.5. The van der Waals surface area contributed by atoms with Crippen molar-refractivity contribution in [1.82, 2.24) is 0 Å². The van der Waals surface area contributed by atoms with Crippen LogP contribution in [-0.4, -0.2) is 33.9 Å². The molecule has 1 aromatic rings. The lowest BCUT2D eigenvalue weighted by Crippen LogP contribution is -2.47. The van der Waals surface area contributed by atoms with Crippen LogP contribution in [0.2, 0.25) is 0 Å². The van der Waals surface area contributed by atoms with Gasteiger partial charge in [-0.3, -0.25) is 0 Å². The summed E-state index contributed by atoms with van der Waals surface area (Å²) < 4.78 is 11.7. The Morgan fingerprint density at radius 2 is 1.95 bits per heavy atom. The molecule has 4 heteroatoms. The SMILES string of the molecule is CN1CC=Cc2ccc(B3OCC(C)(C)CO3)cc21. The van der Waals surface area contributed by atoms with Gasteiger partial charge in [-0.1, -0.05) is 38.1 Å². The summed E-state index contributed by atoms with van der Waals surface area (Å²) in [7, 11) is 1.88. The predicted molar refractivity (Wildman–Crippen MR) is 79.8 cm³/mol. The minimum absolute atomic E-state index is 0.115. The molecule has 0 atom stereocenters. The third-order valence-corrected chi connectivity index (χ3v) is 3.67. The zero-order valence-corrected chi connectivity index (χ0v) is 11.8. The topological polar surface area (TPSA) is 21.7 Å². The quantitative estimate of drug-likeness (QED) is 0.717. The van der Waals surface area contributed by atoms with Crippen LogP contribution in [0.15, 0.2) is 24.3 Å². The van der Waals surface area contributed by atoms with Crippen LogP contribution >= 0.6 is 0 Å². The van der Waals surface area contributed by atoms with Crippen molar-refractivity contribution in [1.29, 1.82) is 0 Å². The van der Waals surface area contributed by atoms with Crippen LogP contribution in [0.3, 0.4) is 0 Å². The summed E-state index contributed by atoms with van der Waals surface area (Å²) in [5, 5.41) is 0. The van der Waals surface area contributed by atoms with Gasteiger partial charge < -0.3 is 14.2 Å². The van der Waals surface area contributed by atoms with Gasteiger partial charge in [0.25, 0.3) is 0 Å². The van der Waals surface area contributed by atoms with Crippen molar-refractivity contribution in [2.24, 2.45) is 5.41 Å². The third-order valence-electron chi connectivity index (χ3n) is 3.67. The van der Waals surface area contributed by atoms with E-state index < -0.39 is 0 Å². The molecule has 2 aliphatic rings. The lowest BCUT2D eigenvalue weighted by Gasteiger charge is -2.33. The fraction of sp³-hybridized carbons (Fsp3) is 0.467. The van der Waals surface area contributed by atoms with Crippen LogP contribution in [-0.2, 0) is 9.31 Å². The van der Waals surface area contributed by atoms with Gasteiger partial charge in [-0.05, 0) is 17.1 Å². The number of fused-ring (bicyclic) bond motifs is 1. The van der Waals surface area contributed by atoms with Crippen molar-refractivity contribution in [3.63, 3.8) is 0 Å². The van der Waals surface area contributed by atoms with Crippen molar-refractivity contribution in [2.45, 2.75) is 13.8 Å². The first kappa shape index (κ1) is 12.8. The van der Waals surface area contributed by atoms with Gasteiger partial charge in [-0.2, -0.15) is 0 Å². The molecule has 19 heavy (non-hydrogen) atoms. The van der Waals surface area contributed by atoms with E-state index in [1.165, 1.54) is 11.3 Å². The Labute approximate surface area is 115 Å². The van der Waals surface area contributed by atoms with Crippen molar-refractivity contribution >= 4 is 24.3 Å². The lowest BCUT2D eigenvalue weighted by molar-refractivity contribution is 0.0343. The summed E-state index contributed by atoms with van der Waals surface area (Å²) in [6.45, 7) is 6.76. The monoisotopic (exact) mass is 257 g/mol. The molecule has 3 rings (SSSR count). The van der Waals surface area contributed by atoms with E-state index in [0.717, 1.165) is 25.2 Å². The van der Waals surface area contributed by atoms with E-state index in [-0.39, 0.29) is 12.5 Å². The van der Waals surface area contributed by atoms with E-state index in [1.807, 2.05) is 0 Å². The van der Waals surface area contributed by atoms with Crippen LogP contribution in [0.4, 0.5) is 5.69 Å². The van der Waals surface area contributed by atoms with Gasteiger partial charge in [-0.25, -0.2) is 0 Å². The molecule has 1 fully saturated rings. The lowest BCUT2D eigenvalue weighted by atomic mass is 9.75. The van der Waals surface area contributed by atoms with Gasteiger partial charge >= 0.3 is 7.12 Å². The summed E-state index contributed by atoms with van der Waals surface area (Å²) in [5.74, 6) is 0. The van der Waals surface area contributed by atoms with Crippen LogP contribution < -0.4 is 10.4 Å². The molecule has 0 unspecified atom stereocenters. The van der Waals surface area contributed by atoms with E-state index in [9.17, 15) is 0 Å². The summed E-state index contributed by atoms with van der Waals surface area (Å²) in [5.41, 5.74) is 3.73. The van der Waals surface area contributed by atoms with Gasteiger partial charge in [0.05, 0.1) is 0 Å². The van der Waals surface area contributed by atoms with Crippen LogP contribution in [0.1, 0.15) is 19.4 Å². The maximum Gasteiger partial charge on any atom is 0.493 e.